The van der Waals surface area contributed by atoms with E-state index in [0.29, 0.717) is 23.5 Å². The normalized spacial score (nSPS) is 12.0. The molecule has 0 radical (unpaired) electrons. The first kappa shape index (κ1) is 26.8. The maximum absolute atomic E-state index is 12.7. The van der Waals surface area contributed by atoms with Crippen molar-refractivity contribution in [2.45, 2.75) is 31.7 Å². The minimum absolute atomic E-state index is 0.0449. The monoisotopic (exact) mass is 491 g/mol. The molecule has 2 aromatic rings. The third-order valence-electron chi connectivity index (χ3n) is 4.66. The minimum Gasteiger partial charge on any atom is -0.497 e. The van der Waals surface area contributed by atoms with Gasteiger partial charge in [-0.05, 0) is 55.3 Å². The van der Waals surface area contributed by atoms with Gasteiger partial charge in [-0.15, -0.1) is 0 Å². The minimum atomic E-state index is -4.02. The summed E-state index contributed by atoms with van der Waals surface area (Å²) >= 11 is 0. The molecule has 0 bridgehead atoms. The van der Waals surface area contributed by atoms with Crippen molar-refractivity contribution in [2.24, 2.45) is 5.92 Å². The number of esters is 1. The zero-order valence-corrected chi connectivity index (χ0v) is 20.3. The molecule has 3 N–H and O–H groups in total. The summed E-state index contributed by atoms with van der Waals surface area (Å²) in [5.74, 6) is -1.77. The van der Waals surface area contributed by atoms with E-state index < -0.39 is 40.5 Å². The quantitative estimate of drug-likeness (QED) is 0.408. The molecule has 0 aliphatic rings. The molecule has 0 aliphatic carbocycles. The van der Waals surface area contributed by atoms with Gasteiger partial charge in [0.2, 0.25) is 10.0 Å². The third kappa shape index (κ3) is 7.56. The molecular formula is C23H29N3O7S. The molecule has 0 saturated carbocycles. The number of carbonyl (C=O) groups is 3. The van der Waals surface area contributed by atoms with Gasteiger partial charge < -0.3 is 20.1 Å². The molecule has 1 atom stereocenters. The van der Waals surface area contributed by atoms with Crippen LogP contribution >= 0.6 is 0 Å². The van der Waals surface area contributed by atoms with Crippen molar-refractivity contribution in [1.82, 2.24) is 10.0 Å². The van der Waals surface area contributed by atoms with Gasteiger partial charge in [-0.1, -0.05) is 19.9 Å². The molecule has 0 unspecified atom stereocenters. The third-order valence-corrected chi connectivity index (χ3v) is 6.12. The Bertz CT molecular complexity index is 1120. The zero-order chi connectivity index (χ0) is 25.3. The van der Waals surface area contributed by atoms with Crippen molar-refractivity contribution in [3.8, 4) is 5.75 Å². The zero-order valence-electron chi connectivity index (χ0n) is 19.5. The number of amides is 2. The molecule has 2 aromatic carbocycles. The number of hydrogen-bond acceptors (Lipinski definition) is 7. The Balaban J connectivity index is 2.00. The van der Waals surface area contributed by atoms with Gasteiger partial charge in [0.25, 0.3) is 11.8 Å². The Morgan fingerprint density at radius 2 is 1.71 bits per heavy atom. The van der Waals surface area contributed by atoms with Crippen LogP contribution in [0.2, 0.25) is 0 Å². The Morgan fingerprint density at radius 1 is 1.03 bits per heavy atom. The van der Waals surface area contributed by atoms with E-state index in [1.807, 2.05) is 0 Å². The van der Waals surface area contributed by atoms with Gasteiger partial charge in [0.15, 0.2) is 6.61 Å². The smallest absolute Gasteiger partial charge is 0.324 e. The second-order valence-electron chi connectivity index (χ2n) is 7.61. The van der Waals surface area contributed by atoms with Gasteiger partial charge in [-0.3, -0.25) is 14.4 Å². The number of ether oxygens (including phenoxy) is 2. The summed E-state index contributed by atoms with van der Waals surface area (Å²) in [7, 11) is -2.56. The summed E-state index contributed by atoms with van der Waals surface area (Å²) in [4.78, 5) is 36.7. The summed E-state index contributed by atoms with van der Waals surface area (Å²) in [5, 5.41) is 5.20. The number of sulfonamides is 1. The average Bonchev–Trinajstić information content (AvgIpc) is 2.81. The number of methoxy groups -OCH3 is 1. The highest BCUT2D eigenvalue weighted by molar-refractivity contribution is 7.89. The van der Waals surface area contributed by atoms with Crippen LogP contribution in [-0.2, 0) is 24.3 Å². The van der Waals surface area contributed by atoms with E-state index in [-0.39, 0.29) is 10.8 Å². The first-order chi connectivity index (χ1) is 16.1. The molecule has 2 amide bonds. The predicted molar refractivity (Wildman–Crippen MR) is 126 cm³/mol. The highest BCUT2D eigenvalue weighted by Crippen LogP contribution is 2.17. The molecule has 10 nitrogen and oxygen atoms in total. The Labute approximate surface area is 199 Å². The highest BCUT2D eigenvalue weighted by atomic mass is 32.2. The fraction of sp³-hybridized carbons (Fsp3) is 0.348. The van der Waals surface area contributed by atoms with Crippen molar-refractivity contribution < 1.29 is 32.3 Å². The molecule has 0 saturated heterocycles. The fourth-order valence-electron chi connectivity index (χ4n) is 2.87. The van der Waals surface area contributed by atoms with Crippen LogP contribution < -0.4 is 20.1 Å². The SMILES string of the molecule is CCNC(=O)c1cccc(NC(=O)COC(=O)[C@@H](NS(=O)(=O)c2ccc(OC)cc2)C(C)C)c1. The van der Waals surface area contributed by atoms with Crippen molar-refractivity contribution in [1.29, 1.82) is 0 Å². The fourth-order valence-corrected chi connectivity index (χ4v) is 4.20. The summed E-state index contributed by atoms with van der Waals surface area (Å²) in [5.41, 5.74) is 0.717. The summed E-state index contributed by atoms with van der Waals surface area (Å²) in [6, 6.07) is 10.8. The van der Waals surface area contributed by atoms with Crippen LogP contribution in [0.4, 0.5) is 5.69 Å². The van der Waals surface area contributed by atoms with Gasteiger partial charge in [0.05, 0.1) is 12.0 Å². The second kappa shape index (κ2) is 12.1. The lowest BCUT2D eigenvalue weighted by atomic mass is 10.1. The highest BCUT2D eigenvalue weighted by Gasteiger charge is 2.30. The van der Waals surface area contributed by atoms with Crippen LogP contribution in [-0.4, -0.2) is 52.5 Å². The first-order valence-electron chi connectivity index (χ1n) is 10.6. The number of anilines is 1. The molecule has 0 spiro atoms. The van der Waals surface area contributed by atoms with Gasteiger partial charge in [-0.25, -0.2) is 8.42 Å². The maximum Gasteiger partial charge on any atom is 0.324 e. The van der Waals surface area contributed by atoms with Crippen LogP contribution in [0.5, 0.6) is 5.75 Å². The Hall–Kier alpha value is -3.44. The van der Waals surface area contributed by atoms with Crippen LogP contribution in [0.3, 0.4) is 0 Å². The van der Waals surface area contributed by atoms with Crippen LogP contribution in [0, 0.1) is 5.92 Å². The Morgan fingerprint density at radius 3 is 2.29 bits per heavy atom. The number of nitrogens with one attached hydrogen (secondary N) is 3. The molecule has 184 valence electrons. The number of carbonyl (C=O) groups excluding carboxylic acids is 3. The number of benzene rings is 2. The van der Waals surface area contributed by atoms with Crippen LogP contribution in [0.1, 0.15) is 31.1 Å². The molecule has 11 heteroatoms. The van der Waals surface area contributed by atoms with Crippen LogP contribution in [0.25, 0.3) is 0 Å². The second-order valence-corrected chi connectivity index (χ2v) is 9.33. The predicted octanol–water partition coefficient (Wildman–Crippen LogP) is 1.93. The van der Waals surface area contributed by atoms with Crippen LogP contribution in [0.15, 0.2) is 53.4 Å². The van der Waals surface area contributed by atoms with Crippen molar-refractivity contribution in [3.63, 3.8) is 0 Å². The van der Waals surface area contributed by atoms with E-state index in [2.05, 4.69) is 15.4 Å². The number of rotatable bonds is 11. The van der Waals surface area contributed by atoms with E-state index in [1.54, 1.807) is 39.0 Å². The summed E-state index contributed by atoms with van der Waals surface area (Å²) in [6.07, 6.45) is 0. The molecule has 0 aromatic heterocycles. The molecular weight excluding hydrogens is 462 g/mol. The molecule has 0 heterocycles. The lowest BCUT2D eigenvalue weighted by Gasteiger charge is -2.20. The largest absolute Gasteiger partial charge is 0.497 e. The lowest BCUT2D eigenvalue weighted by Crippen LogP contribution is -2.45. The summed E-state index contributed by atoms with van der Waals surface area (Å²) in [6.45, 7) is 4.92. The van der Waals surface area contributed by atoms with Gasteiger partial charge in [-0.2, -0.15) is 4.72 Å². The van der Waals surface area contributed by atoms with Crippen molar-refractivity contribution in [2.75, 3.05) is 25.6 Å². The number of hydrogen-bond donors (Lipinski definition) is 3. The van der Waals surface area contributed by atoms with Crippen molar-refractivity contribution >= 4 is 33.5 Å². The molecule has 2 rings (SSSR count). The van der Waals surface area contributed by atoms with Gasteiger partial charge in [0.1, 0.15) is 11.8 Å². The topological polar surface area (TPSA) is 140 Å². The van der Waals surface area contributed by atoms with E-state index in [0.717, 1.165) is 0 Å². The van der Waals surface area contributed by atoms with E-state index >= 15 is 0 Å². The van der Waals surface area contributed by atoms with E-state index in [9.17, 15) is 22.8 Å². The van der Waals surface area contributed by atoms with Crippen molar-refractivity contribution in [3.05, 3.63) is 54.1 Å². The average molecular weight is 492 g/mol. The Kier molecular flexibility index (Phi) is 9.58. The van der Waals surface area contributed by atoms with Gasteiger partial charge >= 0.3 is 5.97 Å². The maximum atomic E-state index is 12.7. The van der Waals surface area contributed by atoms with E-state index in [1.165, 1.54) is 37.4 Å². The molecule has 0 fully saturated rings. The summed E-state index contributed by atoms with van der Waals surface area (Å²) < 4.78 is 37.8. The molecule has 0 aliphatic heterocycles. The lowest BCUT2D eigenvalue weighted by molar-refractivity contribution is -0.150. The first-order valence-corrected chi connectivity index (χ1v) is 12.1. The van der Waals surface area contributed by atoms with E-state index in [4.69, 9.17) is 9.47 Å². The van der Waals surface area contributed by atoms with Gasteiger partial charge in [0, 0.05) is 17.8 Å². The standard InChI is InChI=1S/C23H29N3O7S/c1-5-24-22(28)16-7-6-8-17(13-16)25-20(27)14-33-23(29)21(15(2)3)26-34(30,31)19-11-9-18(32-4)10-12-19/h6-13,15,21,26H,5,14H2,1-4H3,(H,24,28)(H,25,27)/t21-/m0/s1. The molecule has 34 heavy (non-hydrogen) atoms.